The Morgan fingerprint density at radius 1 is 1.16 bits per heavy atom. The number of carbonyl (C=O) groups excluding carboxylic acids is 3. The molecule has 0 radical (unpaired) electrons. The van der Waals surface area contributed by atoms with Gasteiger partial charge in [0.2, 0.25) is 5.91 Å². The molecule has 7 heteroatoms. The predicted molar refractivity (Wildman–Crippen MR) is 93.9 cm³/mol. The lowest BCUT2D eigenvalue weighted by molar-refractivity contribution is -0.144. The van der Waals surface area contributed by atoms with Crippen molar-refractivity contribution in [3.05, 3.63) is 35.9 Å². The second kappa shape index (κ2) is 10.9. The highest BCUT2D eigenvalue weighted by Gasteiger charge is 2.15. The number of hydrogen-bond acceptors (Lipinski definition) is 5. The van der Waals surface area contributed by atoms with Crippen molar-refractivity contribution in [1.29, 1.82) is 0 Å². The fourth-order valence-corrected chi connectivity index (χ4v) is 1.87. The molecular weight excluding hydrogens is 324 g/mol. The molecule has 0 unspecified atom stereocenters. The summed E-state index contributed by atoms with van der Waals surface area (Å²) in [4.78, 5) is 34.7. The molecule has 0 aliphatic carbocycles. The summed E-state index contributed by atoms with van der Waals surface area (Å²) in [5, 5.41) is 5.03. The maximum atomic E-state index is 11.6. The first-order valence-electron chi connectivity index (χ1n) is 8.11. The topological polar surface area (TPSA) is 93.7 Å². The first-order valence-corrected chi connectivity index (χ1v) is 8.11. The summed E-state index contributed by atoms with van der Waals surface area (Å²) in [6.45, 7) is 5.85. The third kappa shape index (κ3) is 8.01. The van der Waals surface area contributed by atoms with Crippen LogP contribution < -0.4 is 15.4 Å². The summed E-state index contributed by atoms with van der Waals surface area (Å²) in [6, 6.07) is 6.51. The van der Waals surface area contributed by atoms with E-state index in [9.17, 15) is 14.4 Å². The minimum atomic E-state index is -0.689. The molecule has 1 aromatic rings. The summed E-state index contributed by atoms with van der Waals surface area (Å²) in [6.07, 6.45) is 2.81. The van der Waals surface area contributed by atoms with Gasteiger partial charge in [-0.3, -0.25) is 9.59 Å². The number of nitrogens with one attached hydrogen (secondary N) is 2. The van der Waals surface area contributed by atoms with Crippen molar-refractivity contribution in [3.63, 3.8) is 0 Å². The Hall–Kier alpha value is -2.83. The zero-order valence-electron chi connectivity index (χ0n) is 14.7. The van der Waals surface area contributed by atoms with Crippen LogP contribution in [-0.2, 0) is 19.1 Å². The Labute approximate surface area is 147 Å². The van der Waals surface area contributed by atoms with E-state index in [1.807, 2.05) is 6.92 Å². The molecule has 1 atom stereocenters. The number of amides is 2. The summed E-state index contributed by atoms with van der Waals surface area (Å²) in [5.74, 6) is -0.728. The highest BCUT2D eigenvalue weighted by atomic mass is 16.5. The van der Waals surface area contributed by atoms with Crippen LogP contribution in [0.3, 0.4) is 0 Å². The number of hydrogen-bond donors (Lipinski definition) is 2. The molecule has 0 spiro atoms. The van der Waals surface area contributed by atoms with Gasteiger partial charge in [-0.1, -0.05) is 12.1 Å². The normalized spacial score (nSPS) is 11.6. The maximum absolute atomic E-state index is 11.6. The van der Waals surface area contributed by atoms with Crippen LogP contribution in [0.25, 0.3) is 6.08 Å². The molecule has 0 aromatic heterocycles. The van der Waals surface area contributed by atoms with Gasteiger partial charge in [0.1, 0.15) is 11.8 Å². The van der Waals surface area contributed by atoms with Gasteiger partial charge in [0.15, 0.2) is 6.61 Å². The zero-order valence-corrected chi connectivity index (χ0v) is 14.7. The fraction of sp³-hybridized carbons (Fsp3) is 0.389. The van der Waals surface area contributed by atoms with Gasteiger partial charge in [-0.25, -0.2) is 4.79 Å². The number of likely N-dealkylation sites (N-methyl/N-ethyl adjacent to an activating group) is 1. The lowest BCUT2D eigenvalue weighted by Crippen LogP contribution is -2.46. The molecule has 7 nitrogen and oxygen atoms in total. The lowest BCUT2D eigenvalue weighted by atomic mass is 10.2. The summed E-state index contributed by atoms with van der Waals surface area (Å²) >= 11 is 0. The van der Waals surface area contributed by atoms with Crippen LogP contribution >= 0.6 is 0 Å². The Bertz CT molecular complexity index is 610. The number of carbonyl (C=O) groups is 3. The molecule has 2 N–H and O–H groups in total. The fourth-order valence-electron chi connectivity index (χ4n) is 1.87. The van der Waals surface area contributed by atoms with E-state index in [0.717, 1.165) is 11.3 Å². The molecule has 0 heterocycles. The van der Waals surface area contributed by atoms with E-state index >= 15 is 0 Å². The van der Waals surface area contributed by atoms with Gasteiger partial charge in [-0.15, -0.1) is 0 Å². The van der Waals surface area contributed by atoms with Crippen molar-refractivity contribution in [2.24, 2.45) is 0 Å². The van der Waals surface area contributed by atoms with E-state index in [0.29, 0.717) is 13.2 Å². The van der Waals surface area contributed by atoms with Crippen LogP contribution in [0.15, 0.2) is 30.3 Å². The van der Waals surface area contributed by atoms with Crippen LogP contribution in [0.2, 0.25) is 0 Å². The van der Waals surface area contributed by atoms with E-state index in [4.69, 9.17) is 9.47 Å². The SMILES string of the molecule is CCNC(=O)[C@@H](C)NC(=O)COC(=O)/C=C/c1ccc(OCC)cc1. The van der Waals surface area contributed by atoms with E-state index in [2.05, 4.69) is 10.6 Å². The number of rotatable bonds is 9. The summed E-state index contributed by atoms with van der Waals surface area (Å²) in [5.41, 5.74) is 0.801. The van der Waals surface area contributed by atoms with Gasteiger partial charge < -0.3 is 20.1 Å². The average molecular weight is 348 g/mol. The van der Waals surface area contributed by atoms with Gasteiger partial charge in [-0.05, 0) is 44.5 Å². The van der Waals surface area contributed by atoms with E-state index in [1.165, 1.54) is 6.08 Å². The first kappa shape index (κ1) is 20.2. The third-order valence-electron chi connectivity index (χ3n) is 3.07. The molecule has 0 fully saturated rings. The van der Waals surface area contributed by atoms with Crippen molar-refractivity contribution >= 4 is 23.9 Å². The van der Waals surface area contributed by atoms with Crippen molar-refractivity contribution in [1.82, 2.24) is 10.6 Å². The molecule has 2 amide bonds. The Kier molecular flexibility index (Phi) is 8.78. The first-order chi connectivity index (χ1) is 12.0. The molecule has 1 rings (SSSR count). The Morgan fingerprint density at radius 3 is 2.44 bits per heavy atom. The standard InChI is InChI=1S/C18H24N2O5/c1-4-19-18(23)13(3)20-16(21)12-25-17(22)11-8-14-6-9-15(10-7-14)24-5-2/h6-11,13H,4-5,12H2,1-3H3,(H,19,23)(H,20,21)/b11-8+/t13-/m1/s1. The highest BCUT2D eigenvalue weighted by Crippen LogP contribution is 2.13. The quantitative estimate of drug-likeness (QED) is 0.518. The van der Waals surface area contributed by atoms with Crippen LogP contribution in [0.5, 0.6) is 5.75 Å². The molecule has 0 saturated carbocycles. The Balaban J connectivity index is 2.38. The van der Waals surface area contributed by atoms with Gasteiger partial charge in [-0.2, -0.15) is 0 Å². The summed E-state index contributed by atoms with van der Waals surface area (Å²) in [7, 11) is 0. The van der Waals surface area contributed by atoms with Crippen LogP contribution in [0.4, 0.5) is 0 Å². The van der Waals surface area contributed by atoms with Crippen molar-refractivity contribution in [2.75, 3.05) is 19.8 Å². The van der Waals surface area contributed by atoms with Gasteiger partial charge >= 0.3 is 5.97 Å². The Morgan fingerprint density at radius 2 is 1.84 bits per heavy atom. The number of benzene rings is 1. The van der Waals surface area contributed by atoms with E-state index < -0.39 is 24.5 Å². The zero-order chi connectivity index (χ0) is 18.7. The lowest BCUT2D eigenvalue weighted by Gasteiger charge is -2.12. The molecule has 136 valence electrons. The monoisotopic (exact) mass is 348 g/mol. The number of esters is 1. The minimum absolute atomic E-state index is 0.294. The van der Waals surface area contributed by atoms with Crippen LogP contribution in [-0.4, -0.2) is 43.6 Å². The molecule has 0 aliphatic rings. The van der Waals surface area contributed by atoms with Gasteiger partial charge in [0, 0.05) is 12.6 Å². The molecule has 1 aromatic carbocycles. The average Bonchev–Trinajstić information content (AvgIpc) is 2.59. The smallest absolute Gasteiger partial charge is 0.331 e. The maximum Gasteiger partial charge on any atom is 0.331 e. The van der Waals surface area contributed by atoms with Crippen LogP contribution in [0.1, 0.15) is 26.3 Å². The minimum Gasteiger partial charge on any atom is -0.494 e. The van der Waals surface area contributed by atoms with Crippen LogP contribution in [0, 0.1) is 0 Å². The largest absolute Gasteiger partial charge is 0.494 e. The predicted octanol–water partition coefficient (Wildman–Crippen LogP) is 1.28. The number of ether oxygens (including phenoxy) is 2. The van der Waals surface area contributed by atoms with Crippen molar-refractivity contribution < 1.29 is 23.9 Å². The van der Waals surface area contributed by atoms with Gasteiger partial charge in [0.05, 0.1) is 6.61 Å². The van der Waals surface area contributed by atoms with E-state index in [1.54, 1.807) is 44.2 Å². The van der Waals surface area contributed by atoms with Gasteiger partial charge in [0.25, 0.3) is 5.91 Å². The molecule has 0 saturated heterocycles. The second-order valence-electron chi connectivity index (χ2n) is 5.13. The molecule has 25 heavy (non-hydrogen) atoms. The third-order valence-corrected chi connectivity index (χ3v) is 3.07. The molecule has 0 aliphatic heterocycles. The second-order valence-corrected chi connectivity index (χ2v) is 5.13. The highest BCUT2D eigenvalue weighted by molar-refractivity contribution is 5.91. The summed E-state index contributed by atoms with van der Waals surface area (Å²) < 4.78 is 10.2. The van der Waals surface area contributed by atoms with E-state index in [-0.39, 0.29) is 5.91 Å². The van der Waals surface area contributed by atoms with Crippen molar-refractivity contribution in [3.8, 4) is 5.75 Å². The molecular formula is C18H24N2O5. The van der Waals surface area contributed by atoms with Crippen molar-refractivity contribution in [2.45, 2.75) is 26.8 Å². The molecule has 0 bridgehead atoms.